The Morgan fingerprint density at radius 1 is 0.794 bits per heavy atom. The number of hydrogen-bond acceptors (Lipinski definition) is 0. The molecule has 0 spiro atoms. The lowest BCUT2D eigenvalue weighted by molar-refractivity contribution is 0.155. The molecule has 0 radical (unpaired) electrons. The van der Waals surface area contributed by atoms with Gasteiger partial charge in [0.15, 0.2) is 11.6 Å². The summed E-state index contributed by atoms with van der Waals surface area (Å²) in [6.45, 7) is 4.25. The molecular weight excluding hydrogens is 422 g/mol. The second kappa shape index (κ2) is 12.1. The summed E-state index contributed by atoms with van der Waals surface area (Å²) in [7, 11) is 0. The van der Waals surface area contributed by atoms with Crippen molar-refractivity contribution in [3.8, 4) is 0 Å². The van der Waals surface area contributed by atoms with Gasteiger partial charge in [0.25, 0.3) is 0 Å². The third-order valence-electron chi connectivity index (χ3n) is 8.71. The molecule has 0 aromatic heterocycles. The predicted octanol–water partition coefficient (Wildman–Crippen LogP) is 10.2. The van der Waals surface area contributed by atoms with Gasteiger partial charge in [0.2, 0.25) is 0 Å². The van der Waals surface area contributed by atoms with E-state index in [1.54, 1.807) is 6.07 Å². The van der Waals surface area contributed by atoms with Crippen molar-refractivity contribution in [1.29, 1.82) is 0 Å². The fourth-order valence-corrected chi connectivity index (χ4v) is 6.49. The van der Waals surface area contributed by atoms with Crippen molar-refractivity contribution in [3.05, 3.63) is 70.8 Å². The van der Waals surface area contributed by atoms with Gasteiger partial charge in [-0.3, -0.25) is 0 Å². The van der Waals surface area contributed by atoms with Crippen molar-refractivity contribution >= 4 is 11.6 Å². The minimum atomic E-state index is -0.800. The van der Waals surface area contributed by atoms with Crippen molar-refractivity contribution in [2.45, 2.75) is 96.8 Å². The summed E-state index contributed by atoms with van der Waals surface area (Å²) in [6, 6.07) is 13.0. The number of halogens is 2. The summed E-state index contributed by atoms with van der Waals surface area (Å²) < 4.78 is 26.8. The van der Waals surface area contributed by atoms with Gasteiger partial charge >= 0.3 is 0 Å². The molecule has 34 heavy (non-hydrogen) atoms. The molecule has 2 aromatic rings. The molecular formula is C32H42F2. The van der Waals surface area contributed by atoms with Crippen LogP contribution in [0.15, 0.2) is 42.5 Å². The first-order valence-electron chi connectivity index (χ1n) is 13.8. The van der Waals surface area contributed by atoms with Gasteiger partial charge < -0.3 is 0 Å². The molecule has 0 unspecified atom stereocenters. The summed E-state index contributed by atoms with van der Waals surface area (Å²) in [5, 5.41) is 0. The molecule has 2 aliphatic rings. The topological polar surface area (TPSA) is 0 Å². The lowest BCUT2D eigenvalue weighted by Crippen LogP contribution is -2.25. The molecule has 0 nitrogen and oxygen atoms in total. The van der Waals surface area contributed by atoms with Crippen molar-refractivity contribution in [2.75, 3.05) is 0 Å². The van der Waals surface area contributed by atoms with Crippen molar-refractivity contribution in [2.24, 2.45) is 17.8 Å². The van der Waals surface area contributed by atoms with E-state index < -0.39 is 11.6 Å². The van der Waals surface area contributed by atoms with Crippen molar-refractivity contribution < 1.29 is 8.78 Å². The minimum absolute atomic E-state index is 0.687. The number of hydrogen-bond donors (Lipinski definition) is 0. The molecule has 2 aliphatic carbocycles. The van der Waals surface area contributed by atoms with E-state index in [2.05, 4.69) is 31.2 Å². The van der Waals surface area contributed by atoms with Crippen LogP contribution in [0.3, 0.4) is 0 Å². The number of unbranched alkanes of at least 4 members (excludes halogenated alkanes) is 2. The summed E-state index contributed by atoms with van der Waals surface area (Å²) in [5.74, 6) is 2.04. The van der Waals surface area contributed by atoms with E-state index in [9.17, 15) is 8.78 Å². The maximum atomic E-state index is 13.6. The van der Waals surface area contributed by atoms with E-state index in [1.165, 1.54) is 94.7 Å². The molecule has 4 rings (SSSR count). The van der Waals surface area contributed by atoms with E-state index in [0.717, 1.165) is 34.5 Å². The molecule has 0 bridgehead atoms. The van der Waals surface area contributed by atoms with Gasteiger partial charge in [-0.25, -0.2) is 8.78 Å². The van der Waals surface area contributed by atoms with Crippen molar-refractivity contribution in [3.63, 3.8) is 0 Å². The molecule has 0 N–H and O–H groups in total. The second-order valence-corrected chi connectivity index (χ2v) is 11.0. The fourth-order valence-electron chi connectivity index (χ4n) is 6.49. The van der Waals surface area contributed by atoms with Crippen molar-refractivity contribution in [1.82, 2.24) is 0 Å². The van der Waals surface area contributed by atoms with E-state index in [4.69, 9.17) is 0 Å². The summed E-state index contributed by atoms with van der Waals surface area (Å²) in [5.41, 5.74) is 4.22. The Hall–Kier alpha value is -1.96. The van der Waals surface area contributed by atoms with Gasteiger partial charge in [0, 0.05) is 0 Å². The third kappa shape index (κ3) is 6.58. The Labute approximate surface area is 205 Å². The van der Waals surface area contributed by atoms with Crippen LogP contribution >= 0.6 is 0 Å². The number of rotatable bonds is 8. The van der Waals surface area contributed by atoms with E-state index >= 15 is 0 Å². The first-order chi connectivity index (χ1) is 16.5. The smallest absolute Gasteiger partial charge is 0.159 e. The summed E-state index contributed by atoms with van der Waals surface area (Å²) in [4.78, 5) is 0. The zero-order chi connectivity index (χ0) is 23.9. The first kappa shape index (κ1) is 25.1. The minimum Gasteiger partial charge on any atom is -0.204 e. The Morgan fingerprint density at radius 2 is 1.44 bits per heavy atom. The molecule has 0 saturated heterocycles. The van der Waals surface area contributed by atoms with E-state index in [-0.39, 0.29) is 0 Å². The Kier molecular flexibility index (Phi) is 8.98. The monoisotopic (exact) mass is 464 g/mol. The third-order valence-corrected chi connectivity index (χ3v) is 8.71. The molecule has 2 heteroatoms. The highest BCUT2D eigenvalue weighted by molar-refractivity contribution is 5.80. The molecule has 2 saturated carbocycles. The molecule has 0 amide bonds. The zero-order valence-corrected chi connectivity index (χ0v) is 21.2. The average molecular weight is 465 g/mol. The van der Waals surface area contributed by atoms with Crippen LogP contribution < -0.4 is 0 Å². The van der Waals surface area contributed by atoms with E-state index in [0.29, 0.717) is 5.92 Å². The summed E-state index contributed by atoms with van der Waals surface area (Å²) in [6.07, 6.45) is 19.1. The van der Waals surface area contributed by atoms with Gasteiger partial charge in [0.05, 0.1) is 0 Å². The zero-order valence-electron chi connectivity index (χ0n) is 21.2. The highest BCUT2D eigenvalue weighted by Gasteiger charge is 2.31. The lowest BCUT2D eigenvalue weighted by Gasteiger charge is -2.38. The fraction of sp³-hybridized carbons (Fsp3) is 0.562. The normalized spacial score (nSPS) is 25.9. The quantitative estimate of drug-likeness (QED) is 0.269. The largest absolute Gasteiger partial charge is 0.204 e. The maximum Gasteiger partial charge on any atom is 0.159 e. The standard InChI is InChI=1S/C32H42F2/c1-3-4-5-6-24-7-11-26(12-8-24)28-15-17-29(18-16-28)27-13-9-25(10-14-27)21-23(2)30-19-20-31(33)32(34)22-30/h9-10,13-14,19-22,24,26,28-29H,3-8,11-12,15-18H2,1-2H3. The second-order valence-electron chi connectivity index (χ2n) is 11.0. The molecule has 0 aliphatic heterocycles. The first-order valence-corrected chi connectivity index (χ1v) is 13.8. The van der Waals surface area contributed by atoms with Gasteiger partial charge in [-0.15, -0.1) is 0 Å². The van der Waals surface area contributed by atoms with Crippen LogP contribution in [0.5, 0.6) is 0 Å². The van der Waals surface area contributed by atoms with Crippen LogP contribution in [0.1, 0.15) is 114 Å². The van der Waals surface area contributed by atoms with Crippen LogP contribution in [0, 0.1) is 29.4 Å². The SMILES string of the molecule is CCCCCC1CCC(C2CCC(c3ccc(C=C(C)c4ccc(F)c(F)c4)cc3)CC2)CC1. The Morgan fingerprint density at radius 3 is 2.06 bits per heavy atom. The number of allylic oxidation sites excluding steroid dienone is 1. The van der Waals surface area contributed by atoms with Crippen LogP contribution in [0.2, 0.25) is 0 Å². The van der Waals surface area contributed by atoms with Crippen LogP contribution in [0.25, 0.3) is 11.6 Å². The average Bonchev–Trinajstić information content (AvgIpc) is 2.87. The highest BCUT2D eigenvalue weighted by atomic mass is 19.2. The highest BCUT2D eigenvalue weighted by Crippen LogP contribution is 2.44. The molecule has 184 valence electrons. The Bertz CT molecular complexity index is 926. The van der Waals surface area contributed by atoms with Gasteiger partial charge in [0.1, 0.15) is 0 Å². The molecule has 0 heterocycles. The van der Waals surface area contributed by atoms with Gasteiger partial charge in [-0.2, -0.15) is 0 Å². The van der Waals surface area contributed by atoms with Crippen LogP contribution in [-0.4, -0.2) is 0 Å². The van der Waals surface area contributed by atoms with Crippen LogP contribution in [-0.2, 0) is 0 Å². The lowest BCUT2D eigenvalue weighted by atomic mass is 9.68. The molecule has 2 fully saturated rings. The van der Waals surface area contributed by atoms with E-state index in [1.807, 2.05) is 13.0 Å². The maximum absolute atomic E-state index is 13.6. The van der Waals surface area contributed by atoms with Crippen LogP contribution in [0.4, 0.5) is 8.78 Å². The Balaban J connectivity index is 1.26. The number of benzene rings is 2. The molecule has 0 atom stereocenters. The predicted molar refractivity (Wildman–Crippen MR) is 141 cm³/mol. The summed E-state index contributed by atoms with van der Waals surface area (Å²) >= 11 is 0. The van der Waals surface area contributed by atoms with Gasteiger partial charge in [-0.1, -0.05) is 81.9 Å². The van der Waals surface area contributed by atoms with Gasteiger partial charge in [-0.05, 0) is 104 Å². The molecule has 2 aromatic carbocycles.